The van der Waals surface area contributed by atoms with Crippen molar-refractivity contribution in [3.8, 4) is 5.75 Å². The molecule has 0 aliphatic carbocycles. The van der Waals surface area contributed by atoms with Gasteiger partial charge in [-0.15, -0.1) is 0 Å². The first kappa shape index (κ1) is 11.7. The molecule has 0 aliphatic rings. The van der Waals surface area contributed by atoms with E-state index in [0.29, 0.717) is 24.1 Å². The third-order valence-electron chi connectivity index (χ3n) is 2.02. The predicted octanol–water partition coefficient (Wildman–Crippen LogP) is 2.62. The number of hydrogen-bond acceptors (Lipinski definition) is 4. The fourth-order valence-corrected chi connectivity index (χ4v) is 1.35. The Morgan fingerprint density at radius 2 is 1.82 bits per heavy atom. The van der Waals surface area contributed by atoms with E-state index in [4.69, 9.17) is 16.3 Å². The molecule has 0 bridgehead atoms. The molecule has 1 aromatic heterocycles. The van der Waals surface area contributed by atoms with Crippen LogP contribution in [0.25, 0.3) is 0 Å². The highest BCUT2D eigenvalue weighted by Gasteiger charge is 1.95. The van der Waals surface area contributed by atoms with Gasteiger partial charge in [0.05, 0.1) is 24.0 Å². The van der Waals surface area contributed by atoms with Crippen LogP contribution < -0.4 is 10.1 Å². The quantitative estimate of drug-likeness (QED) is 0.828. The van der Waals surface area contributed by atoms with E-state index in [9.17, 15) is 0 Å². The highest BCUT2D eigenvalue weighted by Crippen LogP contribution is 2.08. The van der Waals surface area contributed by atoms with Gasteiger partial charge in [0.15, 0.2) is 0 Å². The van der Waals surface area contributed by atoms with Gasteiger partial charge in [-0.05, 0) is 12.1 Å². The minimum Gasteiger partial charge on any atom is -0.492 e. The van der Waals surface area contributed by atoms with Crippen LogP contribution in [0.5, 0.6) is 5.75 Å². The van der Waals surface area contributed by atoms with Gasteiger partial charge in [-0.2, -0.15) is 0 Å². The fraction of sp³-hybridized carbons (Fsp3) is 0.167. The number of rotatable bonds is 5. The second-order valence-corrected chi connectivity index (χ2v) is 3.75. The van der Waals surface area contributed by atoms with Crippen molar-refractivity contribution in [1.82, 2.24) is 9.97 Å². The first-order valence-electron chi connectivity index (χ1n) is 5.24. The van der Waals surface area contributed by atoms with Crippen LogP contribution in [0, 0.1) is 0 Å². The van der Waals surface area contributed by atoms with Crippen molar-refractivity contribution in [2.24, 2.45) is 0 Å². The van der Waals surface area contributed by atoms with Crippen molar-refractivity contribution >= 4 is 17.5 Å². The summed E-state index contributed by atoms with van der Waals surface area (Å²) in [7, 11) is 0. The summed E-state index contributed by atoms with van der Waals surface area (Å²) >= 11 is 5.68. The van der Waals surface area contributed by atoms with Gasteiger partial charge in [-0.3, -0.25) is 0 Å². The van der Waals surface area contributed by atoms with Crippen LogP contribution in [0.1, 0.15) is 0 Å². The number of nitrogens with zero attached hydrogens (tertiary/aromatic N) is 2. The number of anilines is 1. The Kier molecular flexibility index (Phi) is 4.16. The highest BCUT2D eigenvalue weighted by molar-refractivity contribution is 6.30. The molecule has 0 spiro atoms. The Labute approximate surface area is 105 Å². The summed E-state index contributed by atoms with van der Waals surface area (Å²) in [4.78, 5) is 8.03. The van der Waals surface area contributed by atoms with Crippen molar-refractivity contribution in [2.45, 2.75) is 0 Å². The number of para-hydroxylation sites is 1. The standard InChI is InChI=1S/C12H12ClN3O/c13-10-8-15-12(16-9-10)14-6-7-17-11-4-2-1-3-5-11/h1-5,8-9H,6-7H2,(H,14,15,16). The Bertz CT molecular complexity index is 447. The molecule has 0 amide bonds. The summed E-state index contributed by atoms with van der Waals surface area (Å²) < 4.78 is 5.51. The lowest BCUT2D eigenvalue weighted by Crippen LogP contribution is -2.13. The molecule has 0 fully saturated rings. The topological polar surface area (TPSA) is 47.0 Å². The minimum atomic E-state index is 0.524. The average molecular weight is 250 g/mol. The zero-order chi connectivity index (χ0) is 11.9. The number of benzene rings is 1. The van der Waals surface area contributed by atoms with E-state index in [1.807, 2.05) is 30.3 Å². The Hall–Kier alpha value is -1.81. The molecule has 0 atom stereocenters. The molecule has 0 unspecified atom stereocenters. The zero-order valence-corrected chi connectivity index (χ0v) is 9.89. The molecule has 4 nitrogen and oxygen atoms in total. The van der Waals surface area contributed by atoms with Gasteiger partial charge in [-0.1, -0.05) is 29.8 Å². The van der Waals surface area contributed by atoms with Crippen LogP contribution >= 0.6 is 11.6 Å². The molecule has 5 heteroatoms. The highest BCUT2D eigenvalue weighted by atomic mass is 35.5. The van der Waals surface area contributed by atoms with Crippen LogP contribution in [-0.4, -0.2) is 23.1 Å². The molecule has 1 heterocycles. The molecule has 0 radical (unpaired) electrons. The maximum atomic E-state index is 5.68. The summed E-state index contributed by atoms with van der Waals surface area (Å²) in [5.74, 6) is 1.40. The molecule has 1 aromatic carbocycles. The summed E-state index contributed by atoms with van der Waals surface area (Å²) in [6.07, 6.45) is 3.10. The Morgan fingerprint density at radius 3 is 2.53 bits per heavy atom. The van der Waals surface area contributed by atoms with Crippen molar-refractivity contribution in [3.63, 3.8) is 0 Å². The molecule has 2 aromatic rings. The van der Waals surface area contributed by atoms with E-state index in [0.717, 1.165) is 5.75 Å². The lowest BCUT2D eigenvalue weighted by Gasteiger charge is -2.06. The molecular formula is C12H12ClN3O. The van der Waals surface area contributed by atoms with Crippen LogP contribution in [0.15, 0.2) is 42.7 Å². The van der Waals surface area contributed by atoms with Gasteiger partial charge in [0.25, 0.3) is 0 Å². The van der Waals surface area contributed by atoms with E-state index >= 15 is 0 Å². The van der Waals surface area contributed by atoms with Gasteiger partial charge in [0.1, 0.15) is 12.4 Å². The van der Waals surface area contributed by atoms with E-state index in [2.05, 4.69) is 15.3 Å². The van der Waals surface area contributed by atoms with Crippen LogP contribution in [-0.2, 0) is 0 Å². The molecule has 0 saturated heterocycles. The largest absolute Gasteiger partial charge is 0.492 e. The van der Waals surface area contributed by atoms with Crippen molar-refractivity contribution < 1.29 is 4.74 Å². The molecule has 17 heavy (non-hydrogen) atoms. The fourth-order valence-electron chi connectivity index (χ4n) is 1.25. The summed E-state index contributed by atoms with van der Waals surface area (Å²) in [6.45, 7) is 1.19. The first-order chi connectivity index (χ1) is 8.34. The molecule has 1 N–H and O–H groups in total. The average Bonchev–Trinajstić information content (AvgIpc) is 2.38. The van der Waals surface area contributed by atoms with Gasteiger partial charge in [0, 0.05) is 0 Å². The lowest BCUT2D eigenvalue weighted by atomic mass is 10.3. The second-order valence-electron chi connectivity index (χ2n) is 3.31. The normalized spacial score (nSPS) is 9.94. The molecule has 2 rings (SSSR count). The zero-order valence-electron chi connectivity index (χ0n) is 9.14. The number of ether oxygens (including phenoxy) is 1. The van der Waals surface area contributed by atoms with Crippen LogP contribution in [0.3, 0.4) is 0 Å². The third kappa shape index (κ3) is 3.92. The third-order valence-corrected chi connectivity index (χ3v) is 2.21. The maximum Gasteiger partial charge on any atom is 0.222 e. The number of nitrogens with one attached hydrogen (secondary N) is 1. The van der Waals surface area contributed by atoms with Crippen molar-refractivity contribution in [1.29, 1.82) is 0 Å². The molecule has 0 saturated carbocycles. The number of aromatic nitrogens is 2. The van der Waals surface area contributed by atoms with Gasteiger partial charge < -0.3 is 10.1 Å². The van der Waals surface area contributed by atoms with E-state index in [-0.39, 0.29) is 0 Å². The van der Waals surface area contributed by atoms with E-state index in [1.54, 1.807) is 12.4 Å². The van der Waals surface area contributed by atoms with Crippen molar-refractivity contribution in [2.75, 3.05) is 18.5 Å². The first-order valence-corrected chi connectivity index (χ1v) is 5.61. The number of halogens is 1. The summed E-state index contributed by atoms with van der Waals surface area (Å²) in [6, 6.07) is 9.65. The van der Waals surface area contributed by atoms with E-state index < -0.39 is 0 Å². The minimum absolute atomic E-state index is 0.524. The van der Waals surface area contributed by atoms with Gasteiger partial charge in [0.2, 0.25) is 5.95 Å². The van der Waals surface area contributed by atoms with Gasteiger partial charge in [-0.25, -0.2) is 9.97 Å². The Morgan fingerprint density at radius 1 is 1.12 bits per heavy atom. The molecule has 88 valence electrons. The lowest BCUT2D eigenvalue weighted by molar-refractivity contribution is 0.332. The monoisotopic (exact) mass is 249 g/mol. The van der Waals surface area contributed by atoms with Crippen molar-refractivity contribution in [3.05, 3.63) is 47.7 Å². The molecular weight excluding hydrogens is 238 g/mol. The maximum absolute atomic E-state index is 5.68. The predicted molar refractivity (Wildman–Crippen MR) is 67.5 cm³/mol. The smallest absolute Gasteiger partial charge is 0.222 e. The Balaban J connectivity index is 1.71. The van der Waals surface area contributed by atoms with Crippen LogP contribution in [0.4, 0.5) is 5.95 Å². The second kappa shape index (κ2) is 6.06. The summed E-state index contributed by atoms with van der Waals surface area (Å²) in [5, 5.41) is 3.56. The van der Waals surface area contributed by atoms with Crippen LogP contribution in [0.2, 0.25) is 5.02 Å². The van der Waals surface area contributed by atoms with Gasteiger partial charge >= 0.3 is 0 Å². The number of hydrogen-bond donors (Lipinski definition) is 1. The molecule has 0 aliphatic heterocycles. The summed E-state index contributed by atoms with van der Waals surface area (Å²) in [5.41, 5.74) is 0. The SMILES string of the molecule is Clc1cnc(NCCOc2ccccc2)nc1. The van der Waals surface area contributed by atoms with E-state index in [1.165, 1.54) is 0 Å².